The molecule has 1 atom stereocenters. The predicted octanol–water partition coefficient (Wildman–Crippen LogP) is 5.20. The summed E-state index contributed by atoms with van der Waals surface area (Å²) >= 11 is 0. The normalized spacial score (nSPS) is 17.3. The van der Waals surface area contributed by atoms with E-state index in [1.807, 2.05) is 0 Å². The van der Waals surface area contributed by atoms with Crippen molar-refractivity contribution in [3.05, 3.63) is 12.2 Å². The van der Waals surface area contributed by atoms with Gasteiger partial charge in [-0.1, -0.05) is 59.6 Å². The summed E-state index contributed by atoms with van der Waals surface area (Å²) in [6, 6.07) is 0. The van der Waals surface area contributed by atoms with Crippen LogP contribution in [-0.4, -0.2) is 0 Å². The highest BCUT2D eigenvalue weighted by atomic mass is 14.3. The van der Waals surface area contributed by atoms with Gasteiger partial charge in [-0.05, 0) is 30.6 Å². The Kier molecular flexibility index (Phi) is 5.48. The van der Waals surface area contributed by atoms with Gasteiger partial charge in [0.05, 0.1) is 0 Å². The highest BCUT2D eigenvalue weighted by Crippen LogP contribution is 2.40. The molecule has 0 aromatic carbocycles. The van der Waals surface area contributed by atoms with Gasteiger partial charge in [-0.25, -0.2) is 0 Å². The first-order chi connectivity index (χ1) is 6.39. The van der Waals surface area contributed by atoms with E-state index in [-0.39, 0.29) is 0 Å². The number of hydrogen-bond donors (Lipinski definition) is 0. The Hall–Kier alpha value is -0.260. The van der Waals surface area contributed by atoms with Crippen LogP contribution < -0.4 is 0 Å². The second-order valence-corrected chi connectivity index (χ2v) is 5.63. The lowest BCUT2D eigenvalue weighted by molar-refractivity contribution is 0.166. The van der Waals surface area contributed by atoms with Crippen molar-refractivity contribution in [2.75, 3.05) is 0 Å². The smallest absolute Gasteiger partial charge is 0.0289 e. The number of allylic oxidation sites excluding steroid dienone is 2. The zero-order valence-corrected chi connectivity index (χ0v) is 11.0. The zero-order chi connectivity index (χ0) is 11.2. The van der Waals surface area contributed by atoms with Gasteiger partial charge in [0.15, 0.2) is 0 Å². The van der Waals surface area contributed by atoms with Gasteiger partial charge < -0.3 is 0 Å². The van der Waals surface area contributed by atoms with Crippen LogP contribution in [0.3, 0.4) is 0 Å². The molecule has 0 aliphatic rings. The highest BCUT2D eigenvalue weighted by molar-refractivity contribution is 4.89. The largest absolute Gasteiger partial charge is 0.0916 e. The second-order valence-electron chi connectivity index (χ2n) is 5.63. The lowest BCUT2D eigenvalue weighted by Crippen LogP contribution is -2.24. The molecule has 0 saturated carbocycles. The number of hydrogen-bond acceptors (Lipinski definition) is 0. The fourth-order valence-electron chi connectivity index (χ4n) is 2.02. The van der Waals surface area contributed by atoms with E-state index in [0.717, 1.165) is 0 Å². The lowest BCUT2D eigenvalue weighted by atomic mass is 9.70. The van der Waals surface area contributed by atoms with Gasteiger partial charge in [-0.2, -0.15) is 0 Å². The van der Waals surface area contributed by atoms with Crippen LogP contribution in [0.15, 0.2) is 12.2 Å². The van der Waals surface area contributed by atoms with E-state index in [1.165, 1.54) is 25.7 Å². The quantitative estimate of drug-likeness (QED) is 0.512. The first-order valence-corrected chi connectivity index (χ1v) is 6.00. The molecule has 0 aliphatic heterocycles. The van der Waals surface area contributed by atoms with E-state index in [9.17, 15) is 0 Å². The fraction of sp³-hybridized carbons (Fsp3) is 0.857. The molecule has 0 aromatic rings. The maximum absolute atomic E-state index is 2.42. The van der Waals surface area contributed by atoms with Crippen molar-refractivity contribution in [1.29, 1.82) is 0 Å². The monoisotopic (exact) mass is 196 g/mol. The molecule has 0 heteroatoms. The van der Waals surface area contributed by atoms with E-state index < -0.39 is 0 Å². The van der Waals surface area contributed by atoms with Crippen LogP contribution in [0, 0.1) is 10.8 Å². The Labute approximate surface area is 90.8 Å². The minimum Gasteiger partial charge on any atom is -0.0916 e. The van der Waals surface area contributed by atoms with E-state index in [0.29, 0.717) is 10.8 Å². The Bertz CT molecular complexity index is 176. The molecule has 0 fully saturated rings. The van der Waals surface area contributed by atoms with Crippen LogP contribution in [0.25, 0.3) is 0 Å². The molecule has 0 spiro atoms. The van der Waals surface area contributed by atoms with Gasteiger partial charge in [-0.15, -0.1) is 0 Å². The Morgan fingerprint density at radius 3 is 1.93 bits per heavy atom. The molecular formula is C14H28. The predicted molar refractivity (Wildman–Crippen MR) is 66.5 cm³/mol. The molecule has 0 radical (unpaired) electrons. The molecule has 14 heavy (non-hydrogen) atoms. The molecule has 0 rings (SSSR count). The maximum atomic E-state index is 2.42. The summed E-state index contributed by atoms with van der Waals surface area (Å²) in [5.41, 5.74) is 0.984. The summed E-state index contributed by atoms with van der Waals surface area (Å²) in [7, 11) is 0. The highest BCUT2D eigenvalue weighted by Gasteiger charge is 2.28. The second kappa shape index (κ2) is 5.58. The van der Waals surface area contributed by atoms with Gasteiger partial charge in [0.25, 0.3) is 0 Å². The number of rotatable bonds is 6. The van der Waals surface area contributed by atoms with Gasteiger partial charge in [-0.3, -0.25) is 0 Å². The van der Waals surface area contributed by atoms with Crippen molar-refractivity contribution >= 4 is 0 Å². The standard InChI is InChI=1S/C14H28/c1-7-10-11-14(6,9-3)12-13(4,5)8-2/h7,10H,8-9,11-12H2,1-6H3. The van der Waals surface area contributed by atoms with Gasteiger partial charge in [0, 0.05) is 0 Å². The molecule has 0 heterocycles. The van der Waals surface area contributed by atoms with Crippen molar-refractivity contribution in [3.8, 4) is 0 Å². The molecule has 1 unspecified atom stereocenters. The summed E-state index contributed by atoms with van der Waals surface area (Å²) in [6.07, 6.45) is 9.60. The SMILES string of the molecule is CC=CCC(C)(CC)CC(C)(C)CC. The van der Waals surface area contributed by atoms with E-state index in [1.54, 1.807) is 0 Å². The van der Waals surface area contributed by atoms with Crippen LogP contribution in [0.2, 0.25) is 0 Å². The Morgan fingerprint density at radius 1 is 1.00 bits per heavy atom. The molecule has 84 valence electrons. The Morgan fingerprint density at radius 2 is 1.57 bits per heavy atom. The van der Waals surface area contributed by atoms with Crippen molar-refractivity contribution in [3.63, 3.8) is 0 Å². The molecular weight excluding hydrogens is 168 g/mol. The fourth-order valence-corrected chi connectivity index (χ4v) is 2.02. The Balaban J connectivity index is 4.38. The molecule has 0 saturated heterocycles. The molecule has 0 aromatic heterocycles. The molecule has 0 N–H and O–H groups in total. The summed E-state index contributed by atoms with van der Waals surface area (Å²) < 4.78 is 0. The zero-order valence-electron chi connectivity index (χ0n) is 11.0. The molecule has 0 nitrogen and oxygen atoms in total. The van der Waals surface area contributed by atoms with Gasteiger partial charge in [0.1, 0.15) is 0 Å². The topological polar surface area (TPSA) is 0 Å². The summed E-state index contributed by atoms with van der Waals surface area (Å²) in [4.78, 5) is 0. The van der Waals surface area contributed by atoms with E-state index in [2.05, 4.69) is 53.7 Å². The minimum atomic E-state index is 0.492. The first-order valence-electron chi connectivity index (χ1n) is 6.00. The third-order valence-electron chi connectivity index (χ3n) is 3.56. The molecule has 0 amide bonds. The van der Waals surface area contributed by atoms with Crippen molar-refractivity contribution in [1.82, 2.24) is 0 Å². The van der Waals surface area contributed by atoms with E-state index >= 15 is 0 Å². The molecule has 0 bridgehead atoms. The van der Waals surface area contributed by atoms with E-state index in [4.69, 9.17) is 0 Å². The maximum Gasteiger partial charge on any atom is -0.0289 e. The van der Waals surface area contributed by atoms with Gasteiger partial charge in [0.2, 0.25) is 0 Å². The van der Waals surface area contributed by atoms with Crippen molar-refractivity contribution in [2.45, 2.75) is 67.2 Å². The third-order valence-corrected chi connectivity index (χ3v) is 3.56. The average molecular weight is 196 g/mol. The molecule has 0 aliphatic carbocycles. The summed E-state index contributed by atoms with van der Waals surface area (Å²) in [5.74, 6) is 0. The van der Waals surface area contributed by atoms with Crippen LogP contribution in [0.1, 0.15) is 67.2 Å². The van der Waals surface area contributed by atoms with Crippen LogP contribution >= 0.6 is 0 Å². The van der Waals surface area contributed by atoms with Gasteiger partial charge >= 0.3 is 0 Å². The minimum absolute atomic E-state index is 0.492. The first kappa shape index (κ1) is 13.7. The lowest BCUT2D eigenvalue weighted by Gasteiger charge is -2.36. The van der Waals surface area contributed by atoms with Crippen molar-refractivity contribution in [2.24, 2.45) is 10.8 Å². The third kappa shape index (κ3) is 4.83. The van der Waals surface area contributed by atoms with Crippen LogP contribution in [0.5, 0.6) is 0 Å². The van der Waals surface area contributed by atoms with Crippen molar-refractivity contribution < 1.29 is 0 Å². The average Bonchev–Trinajstić information content (AvgIpc) is 2.14. The van der Waals surface area contributed by atoms with Crippen LogP contribution in [-0.2, 0) is 0 Å². The summed E-state index contributed by atoms with van der Waals surface area (Å²) in [5, 5.41) is 0. The van der Waals surface area contributed by atoms with Crippen LogP contribution in [0.4, 0.5) is 0 Å². The summed E-state index contributed by atoms with van der Waals surface area (Å²) in [6.45, 7) is 13.9.